The van der Waals surface area contributed by atoms with Gasteiger partial charge in [0.05, 0.1) is 18.1 Å². The molecule has 3 heterocycles. The first-order valence-electron chi connectivity index (χ1n) is 5.52. The molecular formula is C11H10N6O2. The van der Waals surface area contributed by atoms with Gasteiger partial charge in [-0.3, -0.25) is 4.68 Å². The lowest BCUT2D eigenvalue weighted by Crippen LogP contribution is -1.98. The first-order chi connectivity index (χ1) is 9.15. The summed E-state index contributed by atoms with van der Waals surface area (Å²) in [6.07, 6.45) is 4.90. The Morgan fingerprint density at radius 2 is 2.26 bits per heavy atom. The second-order valence-electron chi connectivity index (χ2n) is 4.00. The van der Waals surface area contributed by atoms with Crippen molar-refractivity contribution in [3.63, 3.8) is 0 Å². The topological polar surface area (TPSA) is 90.3 Å². The molecule has 0 aromatic carbocycles. The molecule has 0 saturated carbocycles. The number of pyridine rings is 1. The standard InChI is InChI=1S/C11H10N6O2/c1-15-7-8(6-12-15)13-10-11(17(18)19)16-5-3-2-4-9(16)14-10/h2-7,13H,1H3. The average Bonchev–Trinajstić information content (AvgIpc) is 2.92. The molecule has 19 heavy (non-hydrogen) atoms. The van der Waals surface area contributed by atoms with Crippen molar-refractivity contribution in [2.45, 2.75) is 0 Å². The number of rotatable bonds is 3. The first kappa shape index (κ1) is 11.2. The molecule has 0 aliphatic carbocycles. The van der Waals surface area contributed by atoms with Crippen LogP contribution in [0, 0.1) is 10.1 Å². The molecular weight excluding hydrogens is 248 g/mol. The van der Waals surface area contributed by atoms with Gasteiger partial charge in [0.2, 0.25) is 11.5 Å². The first-order valence-corrected chi connectivity index (χ1v) is 5.52. The van der Waals surface area contributed by atoms with E-state index in [1.807, 2.05) is 0 Å². The summed E-state index contributed by atoms with van der Waals surface area (Å²) < 4.78 is 3.03. The maximum atomic E-state index is 11.2. The van der Waals surface area contributed by atoms with Crippen LogP contribution in [0.4, 0.5) is 17.3 Å². The van der Waals surface area contributed by atoms with Gasteiger partial charge in [0.15, 0.2) is 0 Å². The van der Waals surface area contributed by atoms with E-state index in [4.69, 9.17) is 0 Å². The van der Waals surface area contributed by atoms with E-state index < -0.39 is 4.92 Å². The third-order valence-corrected chi connectivity index (χ3v) is 2.65. The number of fused-ring (bicyclic) bond motifs is 1. The maximum Gasteiger partial charge on any atom is 0.372 e. The SMILES string of the molecule is Cn1cc(Nc2nc3ccccn3c2[N+](=O)[O-])cn1. The van der Waals surface area contributed by atoms with Crippen molar-refractivity contribution < 1.29 is 4.92 Å². The van der Waals surface area contributed by atoms with Gasteiger partial charge in [0, 0.05) is 19.3 Å². The molecule has 0 aliphatic rings. The Hall–Kier alpha value is -2.90. The van der Waals surface area contributed by atoms with Crippen LogP contribution in [-0.4, -0.2) is 24.1 Å². The lowest BCUT2D eigenvalue weighted by molar-refractivity contribution is -0.389. The van der Waals surface area contributed by atoms with Crippen LogP contribution in [0.1, 0.15) is 0 Å². The van der Waals surface area contributed by atoms with Crippen molar-refractivity contribution >= 4 is 23.0 Å². The van der Waals surface area contributed by atoms with Gasteiger partial charge in [0.1, 0.15) is 0 Å². The molecule has 3 rings (SSSR count). The van der Waals surface area contributed by atoms with E-state index >= 15 is 0 Å². The van der Waals surface area contributed by atoms with Crippen molar-refractivity contribution in [3.8, 4) is 0 Å². The fourth-order valence-corrected chi connectivity index (χ4v) is 1.86. The van der Waals surface area contributed by atoms with Crippen LogP contribution < -0.4 is 5.32 Å². The monoisotopic (exact) mass is 258 g/mol. The quantitative estimate of drug-likeness (QED) is 0.570. The maximum absolute atomic E-state index is 11.2. The van der Waals surface area contributed by atoms with Crippen molar-refractivity contribution in [1.82, 2.24) is 19.2 Å². The largest absolute Gasteiger partial charge is 0.372 e. The predicted molar refractivity (Wildman–Crippen MR) is 68.3 cm³/mol. The molecule has 3 aromatic heterocycles. The Bertz CT molecular complexity index is 759. The highest BCUT2D eigenvalue weighted by molar-refractivity contribution is 5.68. The second-order valence-corrected chi connectivity index (χ2v) is 4.00. The highest BCUT2D eigenvalue weighted by atomic mass is 16.6. The number of nitro groups is 1. The van der Waals surface area contributed by atoms with Crippen LogP contribution >= 0.6 is 0 Å². The van der Waals surface area contributed by atoms with Crippen LogP contribution in [0.5, 0.6) is 0 Å². The molecule has 0 fully saturated rings. The summed E-state index contributed by atoms with van der Waals surface area (Å²) in [6, 6.07) is 5.21. The Labute approximate surface area is 107 Å². The van der Waals surface area contributed by atoms with Crippen LogP contribution in [0.2, 0.25) is 0 Å². The predicted octanol–water partition coefficient (Wildman–Crippen LogP) is 1.72. The molecule has 96 valence electrons. The second kappa shape index (κ2) is 4.09. The van der Waals surface area contributed by atoms with Gasteiger partial charge in [-0.25, -0.2) is 0 Å². The summed E-state index contributed by atoms with van der Waals surface area (Å²) in [5.74, 6) is 0.101. The molecule has 8 nitrogen and oxygen atoms in total. The van der Waals surface area contributed by atoms with Crippen LogP contribution in [0.15, 0.2) is 36.8 Å². The lowest BCUT2D eigenvalue weighted by atomic mass is 10.5. The summed E-state index contributed by atoms with van der Waals surface area (Å²) >= 11 is 0. The number of nitrogens with one attached hydrogen (secondary N) is 1. The minimum atomic E-state index is -0.460. The Balaban J connectivity index is 2.12. The van der Waals surface area contributed by atoms with Gasteiger partial charge in [-0.2, -0.15) is 14.5 Å². The van der Waals surface area contributed by atoms with Crippen molar-refractivity contribution in [1.29, 1.82) is 0 Å². The molecule has 0 saturated heterocycles. The lowest BCUT2D eigenvalue weighted by Gasteiger charge is -1.99. The molecule has 0 spiro atoms. The van der Waals surface area contributed by atoms with Crippen molar-refractivity contribution in [3.05, 3.63) is 46.9 Å². The minimum Gasteiger partial charge on any atom is -0.358 e. The summed E-state index contributed by atoms with van der Waals surface area (Å²) in [5.41, 5.74) is 1.16. The van der Waals surface area contributed by atoms with E-state index in [0.717, 1.165) is 0 Å². The van der Waals surface area contributed by atoms with Gasteiger partial charge >= 0.3 is 5.82 Å². The van der Waals surface area contributed by atoms with Gasteiger partial charge in [-0.15, -0.1) is 0 Å². The van der Waals surface area contributed by atoms with Crippen LogP contribution in [0.3, 0.4) is 0 Å². The third kappa shape index (κ3) is 1.88. The molecule has 0 aliphatic heterocycles. The highest BCUT2D eigenvalue weighted by Crippen LogP contribution is 2.27. The molecule has 8 heteroatoms. The van der Waals surface area contributed by atoms with Gasteiger partial charge in [-0.05, 0) is 11.0 Å². The summed E-state index contributed by atoms with van der Waals surface area (Å²) in [7, 11) is 1.77. The zero-order valence-corrected chi connectivity index (χ0v) is 10.0. The molecule has 0 atom stereocenters. The average molecular weight is 258 g/mol. The van der Waals surface area contributed by atoms with Gasteiger partial charge < -0.3 is 15.4 Å². The summed E-state index contributed by atoms with van der Waals surface area (Å²) in [5, 5.41) is 18.1. The van der Waals surface area contributed by atoms with E-state index in [1.54, 1.807) is 48.5 Å². The Morgan fingerprint density at radius 3 is 2.95 bits per heavy atom. The smallest absolute Gasteiger partial charge is 0.358 e. The van der Waals surface area contributed by atoms with Gasteiger partial charge in [0.25, 0.3) is 0 Å². The number of aryl methyl sites for hydroxylation is 1. The fourth-order valence-electron chi connectivity index (χ4n) is 1.86. The van der Waals surface area contributed by atoms with Crippen molar-refractivity contribution in [2.24, 2.45) is 7.05 Å². The number of imidazole rings is 1. The molecule has 0 unspecified atom stereocenters. The molecule has 1 N–H and O–H groups in total. The Kier molecular flexibility index (Phi) is 2.41. The third-order valence-electron chi connectivity index (χ3n) is 2.65. The van der Waals surface area contributed by atoms with Crippen molar-refractivity contribution in [2.75, 3.05) is 5.32 Å². The number of hydrogen-bond donors (Lipinski definition) is 1. The zero-order chi connectivity index (χ0) is 13.4. The normalized spacial score (nSPS) is 10.8. The molecule has 0 radical (unpaired) electrons. The summed E-state index contributed by atoms with van der Waals surface area (Å²) in [4.78, 5) is 14.9. The molecule has 0 amide bonds. The molecule has 0 bridgehead atoms. The van der Waals surface area contributed by atoms with E-state index in [2.05, 4.69) is 15.4 Å². The number of anilines is 2. The van der Waals surface area contributed by atoms with Gasteiger partial charge in [-0.1, -0.05) is 6.07 Å². The number of aromatic nitrogens is 4. The zero-order valence-electron chi connectivity index (χ0n) is 10.0. The summed E-state index contributed by atoms with van der Waals surface area (Å²) in [6.45, 7) is 0. The van der Waals surface area contributed by atoms with E-state index in [0.29, 0.717) is 11.3 Å². The fraction of sp³-hybridized carbons (Fsp3) is 0.0909. The van der Waals surface area contributed by atoms with Crippen LogP contribution in [0.25, 0.3) is 5.65 Å². The Morgan fingerprint density at radius 1 is 1.42 bits per heavy atom. The number of hydrogen-bond acceptors (Lipinski definition) is 5. The molecule has 3 aromatic rings. The number of nitrogens with zero attached hydrogens (tertiary/aromatic N) is 5. The minimum absolute atomic E-state index is 0.0977. The highest BCUT2D eigenvalue weighted by Gasteiger charge is 2.22. The van der Waals surface area contributed by atoms with E-state index in [9.17, 15) is 10.1 Å². The van der Waals surface area contributed by atoms with E-state index in [-0.39, 0.29) is 11.6 Å². The van der Waals surface area contributed by atoms with Crippen LogP contribution in [-0.2, 0) is 7.05 Å². The van der Waals surface area contributed by atoms with E-state index in [1.165, 1.54) is 4.40 Å².